The molecule has 0 aromatic heterocycles. The fourth-order valence-corrected chi connectivity index (χ4v) is 2.91. The molecule has 0 amide bonds. The lowest BCUT2D eigenvalue weighted by Crippen LogP contribution is -2.29. The molecule has 0 aliphatic carbocycles. The number of halogens is 1. The van der Waals surface area contributed by atoms with Crippen LogP contribution in [0, 0.1) is 0 Å². The van der Waals surface area contributed by atoms with Crippen LogP contribution in [0.1, 0.15) is 11.1 Å². The van der Waals surface area contributed by atoms with Crippen LogP contribution < -0.4 is 0 Å². The number of rotatable bonds is 4. The molecule has 0 radical (unpaired) electrons. The van der Waals surface area contributed by atoms with Crippen molar-refractivity contribution in [2.75, 3.05) is 5.88 Å². The van der Waals surface area contributed by atoms with E-state index in [0.717, 1.165) is 22.3 Å². The van der Waals surface area contributed by atoms with E-state index in [2.05, 4.69) is 12.1 Å². The van der Waals surface area contributed by atoms with Crippen molar-refractivity contribution in [3.05, 3.63) is 96.1 Å². The van der Waals surface area contributed by atoms with Gasteiger partial charge in [-0.05, 0) is 22.3 Å². The Balaban J connectivity index is 1.98. The molecule has 3 rings (SSSR count). The maximum Gasteiger partial charge on any atom is 0.128 e. The topological polar surface area (TPSA) is 20.2 Å². The van der Waals surface area contributed by atoms with E-state index in [9.17, 15) is 5.11 Å². The fourth-order valence-electron chi connectivity index (χ4n) is 2.60. The number of hydrogen-bond acceptors (Lipinski definition) is 1. The summed E-state index contributed by atoms with van der Waals surface area (Å²) in [5.74, 6) is 0.113. The SMILES string of the molecule is OC(CCl)(c1ccccc1)c1ccc(-c2ccccc2)cc1. The van der Waals surface area contributed by atoms with Crippen LogP contribution in [-0.2, 0) is 5.60 Å². The van der Waals surface area contributed by atoms with Crippen molar-refractivity contribution in [1.29, 1.82) is 0 Å². The molecule has 0 aliphatic heterocycles. The maximum atomic E-state index is 11.0. The van der Waals surface area contributed by atoms with Crippen LogP contribution in [0.2, 0.25) is 0 Å². The highest BCUT2D eigenvalue weighted by Gasteiger charge is 2.30. The summed E-state index contributed by atoms with van der Waals surface area (Å²) < 4.78 is 0. The van der Waals surface area contributed by atoms with Crippen LogP contribution in [-0.4, -0.2) is 11.0 Å². The van der Waals surface area contributed by atoms with E-state index in [0.29, 0.717) is 0 Å². The Kier molecular flexibility index (Phi) is 4.28. The standard InChI is InChI=1S/C20H17ClO/c21-15-20(22,18-9-5-2-6-10-18)19-13-11-17(12-14-19)16-7-3-1-4-8-16/h1-14,22H,15H2. The minimum absolute atomic E-state index is 0.113. The molecular formula is C20H17ClO. The summed E-state index contributed by atoms with van der Waals surface area (Å²) in [7, 11) is 0. The van der Waals surface area contributed by atoms with Gasteiger partial charge in [0.1, 0.15) is 5.60 Å². The second-order valence-electron chi connectivity index (χ2n) is 5.30. The van der Waals surface area contributed by atoms with Gasteiger partial charge in [-0.15, -0.1) is 11.6 Å². The van der Waals surface area contributed by atoms with E-state index < -0.39 is 5.60 Å². The Morgan fingerprint density at radius 3 is 1.64 bits per heavy atom. The largest absolute Gasteiger partial charge is 0.379 e. The predicted octanol–water partition coefficient (Wildman–Crippen LogP) is 4.83. The second-order valence-corrected chi connectivity index (χ2v) is 5.57. The molecule has 1 atom stereocenters. The van der Waals surface area contributed by atoms with Crippen LogP contribution >= 0.6 is 11.6 Å². The predicted molar refractivity (Wildman–Crippen MR) is 92.0 cm³/mol. The Morgan fingerprint density at radius 1 is 0.636 bits per heavy atom. The Morgan fingerprint density at radius 2 is 1.09 bits per heavy atom. The lowest BCUT2D eigenvalue weighted by atomic mass is 9.87. The van der Waals surface area contributed by atoms with Crippen molar-refractivity contribution in [1.82, 2.24) is 0 Å². The lowest BCUT2D eigenvalue weighted by molar-refractivity contribution is 0.106. The molecule has 0 fully saturated rings. The zero-order valence-electron chi connectivity index (χ0n) is 12.1. The minimum atomic E-state index is -1.17. The first-order chi connectivity index (χ1) is 10.7. The first-order valence-electron chi connectivity index (χ1n) is 7.24. The van der Waals surface area contributed by atoms with Crippen LogP contribution in [0.4, 0.5) is 0 Å². The average Bonchev–Trinajstić information content (AvgIpc) is 2.63. The minimum Gasteiger partial charge on any atom is -0.379 e. The summed E-state index contributed by atoms with van der Waals surface area (Å²) in [4.78, 5) is 0. The normalized spacial score (nSPS) is 13.5. The highest BCUT2D eigenvalue weighted by atomic mass is 35.5. The molecule has 0 bridgehead atoms. The third-order valence-electron chi connectivity index (χ3n) is 3.91. The van der Waals surface area contributed by atoms with Crippen molar-refractivity contribution < 1.29 is 5.11 Å². The molecule has 3 aromatic rings. The number of alkyl halides is 1. The van der Waals surface area contributed by atoms with Crippen molar-refractivity contribution in [3.8, 4) is 11.1 Å². The van der Waals surface area contributed by atoms with Crippen molar-refractivity contribution in [2.45, 2.75) is 5.60 Å². The maximum absolute atomic E-state index is 11.0. The van der Waals surface area contributed by atoms with Gasteiger partial charge >= 0.3 is 0 Å². The second kappa shape index (κ2) is 6.35. The van der Waals surface area contributed by atoms with E-state index in [1.807, 2.05) is 72.8 Å². The molecule has 0 aliphatic rings. The van der Waals surface area contributed by atoms with Gasteiger partial charge in [0.25, 0.3) is 0 Å². The molecule has 0 saturated carbocycles. The van der Waals surface area contributed by atoms with Gasteiger partial charge in [0, 0.05) is 0 Å². The summed E-state index contributed by atoms with van der Waals surface area (Å²) >= 11 is 6.08. The van der Waals surface area contributed by atoms with Gasteiger partial charge in [0.05, 0.1) is 5.88 Å². The van der Waals surface area contributed by atoms with E-state index in [4.69, 9.17) is 11.6 Å². The van der Waals surface area contributed by atoms with E-state index in [1.165, 1.54) is 0 Å². The van der Waals surface area contributed by atoms with Gasteiger partial charge in [0.15, 0.2) is 0 Å². The van der Waals surface area contributed by atoms with Gasteiger partial charge in [0.2, 0.25) is 0 Å². The molecule has 22 heavy (non-hydrogen) atoms. The van der Waals surface area contributed by atoms with Gasteiger partial charge in [-0.2, -0.15) is 0 Å². The van der Waals surface area contributed by atoms with Gasteiger partial charge in [-0.1, -0.05) is 84.9 Å². The third-order valence-corrected chi connectivity index (χ3v) is 4.30. The number of benzene rings is 3. The summed E-state index contributed by atoms with van der Waals surface area (Å²) in [6, 6.07) is 27.6. The van der Waals surface area contributed by atoms with Crippen molar-refractivity contribution in [2.24, 2.45) is 0 Å². The monoisotopic (exact) mass is 308 g/mol. The molecule has 1 unspecified atom stereocenters. The lowest BCUT2D eigenvalue weighted by Gasteiger charge is -2.27. The molecule has 3 aromatic carbocycles. The summed E-state index contributed by atoms with van der Waals surface area (Å²) in [5.41, 5.74) is 2.71. The Bertz CT molecular complexity index is 723. The molecule has 0 heterocycles. The van der Waals surface area contributed by atoms with Crippen LogP contribution in [0.25, 0.3) is 11.1 Å². The molecular weight excluding hydrogens is 292 g/mol. The number of hydrogen-bond donors (Lipinski definition) is 1. The highest BCUT2D eigenvalue weighted by Crippen LogP contribution is 2.32. The molecule has 0 saturated heterocycles. The van der Waals surface area contributed by atoms with Gasteiger partial charge < -0.3 is 5.11 Å². The average molecular weight is 309 g/mol. The molecule has 2 heteroatoms. The Labute approximate surface area is 135 Å². The van der Waals surface area contributed by atoms with Crippen LogP contribution in [0.15, 0.2) is 84.9 Å². The zero-order valence-corrected chi connectivity index (χ0v) is 12.9. The smallest absolute Gasteiger partial charge is 0.128 e. The van der Waals surface area contributed by atoms with Gasteiger partial charge in [-0.3, -0.25) is 0 Å². The first kappa shape index (κ1) is 14.8. The fraction of sp³-hybridized carbons (Fsp3) is 0.100. The molecule has 0 spiro atoms. The third kappa shape index (κ3) is 2.78. The summed E-state index contributed by atoms with van der Waals surface area (Å²) in [6.45, 7) is 0. The number of aliphatic hydroxyl groups is 1. The van der Waals surface area contributed by atoms with E-state index in [1.54, 1.807) is 0 Å². The zero-order chi connectivity index (χ0) is 15.4. The van der Waals surface area contributed by atoms with E-state index in [-0.39, 0.29) is 5.88 Å². The van der Waals surface area contributed by atoms with Crippen molar-refractivity contribution >= 4 is 11.6 Å². The Hall–Kier alpha value is -2.09. The quantitative estimate of drug-likeness (QED) is 0.685. The van der Waals surface area contributed by atoms with Gasteiger partial charge in [-0.25, -0.2) is 0 Å². The molecule has 1 N–H and O–H groups in total. The van der Waals surface area contributed by atoms with Crippen LogP contribution in [0.5, 0.6) is 0 Å². The van der Waals surface area contributed by atoms with Crippen LogP contribution in [0.3, 0.4) is 0 Å². The van der Waals surface area contributed by atoms with Crippen molar-refractivity contribution in [3.63, 3.8) is 0 Å². The molecule has 1 nitrogen and oxygen atoms in total. The van der Waals surface area contributed by atoms with E-state index >= 15 is 0 Å². The highest BCUT2D eigenvalue weighted by molar-refractivity contribution is 6.18. The first-order valence-corrected chi connectivity index (χ1v) is 7.77. The molecule has 110 valence electrons. The summed E-state index contributed by atoms with van der Waals surface area (Å²) in [5, 5.41) is 11.0. The summed E-state index contributed by atoms with van der Waals surface area (Å²) in [6.07, 6.45) is 0.